The van der Waals surface area contributed by atoms with Gasteiger partial charge in [0.05, 0.1) is 18.6 Å². The molecule has 1 aromatic carbocycles. The highest BCUT2D eigenvalue weighted by Crippen LogP contribution is 2.38. The number of carboxylic acid groups (broad SMARTS) is 1. The van der Waals surface area contributed by atoms with Crippen LogP contribution < -0.4 is 10.1 Å². The third kappa shape index (κ3) is 6.76. The van der Waals surface area contributed by atoms with E-state index in [1.165, 1.54) is 11.9 Å². The smallest absolute Gasteiger partial charge is 0.408 e. The van der Waals surface area contributed by atoms with E-state index in [4.69, 9.17) is 21.4 Å². The van der Waals surface area contributed by atoms with Crippen molar-refractivity contribution in [2.45, 2.75) is 38.4 Å². The fraction of sp³-hybridized carbons (Fsp3) is 0.409. The summed E-state index contributed by atoms with van der Waals surface area (Å²) in [5.74, 6) is -4.63. The number of alkyl halides is 3. The number of ether oxygens (including phenoxy) is 1. The minimum Gasteiger partial charge on any atom is -0.493 e. The molecule has 2 heterocycles. The molecule has 16 heteroatoms. The zero-order valence-corrected chi connectivity index (χ0v) is 20.9. The Morgan fingerprint density at radius 3 is 2.47 bits per heavy atom. The first-order chi connectivity index (χ1) is 17.8. The summed E-state index contributed by atoms with van der Waals surface area (Å²) >= 11 is 5.13. The molecule has 0 fully saturated rings. The van der Waals surface area contributed by atoms with Crippen LogP contribution in [0.5, 0.6) is 5.75 Å². The molecule has 2 aromatic heterocycles. The molecule has 0 aliphatic heterocycles. The number of anilines is 1. The predicted molar refractivity (Wildman–Crippen MR) is 120 cm³/mol. The molecule has 10 nitrogen and oxygen atoms in total. The number of nitrogens with one attached hydrogen (secondary N) is 1. The summed E-state index contributed by atoms with van der Waals surface area (Å²) in [7, 11) is 1.48. The summed E-state index contributed by atoms with van der Waals surface area (Å²) in [6.07, 6.45) is -3.89. The molecule has 0 aliphatic carbocycles. The van der Waals surface area contributed by atoms with E-state index in [0.717, 1.165) is 29.9 Å². The number of fused-ring (bicyclic) bond motifs is 1. The van der Waals surface area contributed by atoms with Gasteiger partial charge in [0.15, 0.2) is 11.6 Å². The van der Waals surface area contributed by atoms with Gasteiger partial charge < -0.3 is 20.1 Å². The Labute approximate surface area is 217 Å². The van der Waals surface area contributed by atoms with Gasteiger partial charge in [-0.25, -0.2) is 8.78 Å². The molecule has 38 heavy (non-hydrogen) atoms. The first kappa shape index (κ1) is 28.8. The number of aliphatic carboxylic acids is 1. The molecule has 0 spiro atoms. The number of hydrogen-bond donors (Lipinski definition) is 2. The molecule has 2 N–H and O–H groups in total. The van der Waals surface area contributed by atoms with Crippen molar-refractivity contribution in [3.05, 3.63) is 35.2 Å². The van der Waals surface area contributed by atoms with E-state index in [-0.39, 0.29) is 49.8 Å². The largest absolute Gasteiger partial charge is 0.493 e. The van der Waals surface area contributed by atoms with Crippen LogP contribution in [0, 0.1) is 23.2 Å². The Morgan fingerprint density at radius 2 is 1.87 bits per heavy atom. The number of hydrogen-bond acceptors (Lipinski definition) is 7. The molecule has 3 aromatic rings. The third-order valence-electron chi connectivity index (χ3n) is 5.39. The number of carbonyl (C=O) groups excluding carboxylic acids is 1. The fourth-order valence-electron chi connectivity index (χ4n) is 3.36. The summed E-state index contributed by atoms with van der Waals surface area (Å²) in [6, 6.07) is -0.442. The van der Waals surface area contributed by atoms with E-state index in [1.807, 2.05) is 0 Å². The van der Waals surface area contributed by atoms with E-state index in [9.17, 15) is 22.8 Å². The Balaban J connectivity index is 1.81. The van der Waals surface area contributed by atoms with Gasteiger partial charge in [0.25, 0.3) is 5.78 Å². The number of rotatable bonds is 11. The van der Waals surface area contributed by atoms with Crippen LogP contribution in [0.4, 0.5) is 27.8 Å². The van der Waals surface area contributed by atoms with Crippen molar-refractivity contribution >= 4 is 23.5 Å². The molecule has 0 aliphatic rings. The van der Waals surface area contributed by atoms with E-state index in [2.05, 4.69) is 20.4 Å². The Morgan fingerprint density at radius 1 is 1.21 bits per heavy atom. The van der Waals surface area contributed by atoms with Gasteiger partial charge in [-0.2, -0.15) is 32.8 Å². The van der Waals surface area contributed by atoms with Crippen LogP contribution in [0.15, 0.2) is 18.5 Å². The third-order valence-corrected chi connectivity index (χ3v) is 5.68. The second-order valence-electron chi connectivity index (χ2n) is 8.19. The van der Waals surface area contributed by atoms with E-state index in [1.54, 1.807) is 0 Å². The standard InChI is InChI=1S/C22H22ClF5N6O4/c1-11(22(26,27)28)31-20-18(19(23)32-21-29-10-30-34(20)21)17-13(24)8-12(9-14(17)25)38-7-3-6-33(2)15(35)4-5-16(36)37/h8-11,23H,3-7H2,1-2H3,(H-,29,30,31,32,36,37)/p+1/t11-/m0/s1. The zero-order chi connectivity index (χ0) is 28.2. The summed E-state index contributed by atoms with van der Waals surface area (Å²) < 4.78 is 76.3. The molecule has 0 unspecified atom stereocenters. The number of aromatic nitrogens is 4. The van der Waals surface area contributed by atoms with E-state index in [0.29, 0.717) is 0 Å². The highest BCUT2D eigenvalue weighted by atomic mass is 35.5. The molecule has 0 bridgehead atoms. The van der Waals surface area contributed by atoms with Crippen LogP contribution in [-0.4, -0.2) is 73.9 Å². The second-order valence-corrected chi connectivity index (χ2v) is 8.58. The SMILES string of the molecule is C[C@H](Nc1c(-c2c(F)cc(OCCCN(C)C(=O)CCC(=O)O)cc2F)c([ClH+])nc2ncnn12)C(F)(F)F. The Hall–Kier alpha value is -3.75. The molecular formula is C22H23ClF5N6O4+. The van der Waals surface area contributed by atoms with Crippen molar-refractivity contribution in [2.24, 2.45) is 0 Å². The maximum absolute atomic E-state index is 15.2. The van der Waals surface area contributed by atoms with Crippen LogP contribution in [-0.2, 0) is 9.59 Å². The van der Waals surface area contributed by atoms with E-state index < -0.39 is 51.9 Å². The van der Waals surface area contributed by atoms with Gasteiger partial charge in [-0.15, -0.1) is 0 Å². The minimum atomic E-state index is -4.70. The molecule has 1 atom stereocenters. The van der Waals surface area contributed by atoms with Crippen molar-refractivity contribution in [1.29, 1.82) is 0 Å². The highest BCUT2D eigenvalue weighted by molar-refractivity contribution is 5.81. The lowest BCUT2D eigenvalue weighted by molar-refractivity contribution is -0.294. The van der Waals surface area contributed by atoms with Gasteiger partial charge in [-0.3, -0.25) is 9.59 Å². The average molecular weight is 566 g/mol. The van der Waals surface area contributed by atoms with Crippen LogP contribution in [0.1, 0.15) is 26.2 Å². The van der Waals surface area contributed by atoms with Gasteiger partial charge in [-0.05, 0) is 13.3 Å². The zero-order valence-electron chi connectivity index (χ0n) is 20.1. The lowest BCUT2D eigenvalue weighted by Gasteiger charge is -2.20. The number of amides is 1. The lowest BCUT2D eigenvalue weighted by Crippen LogP contribution is -2.34. The van der Waals surface area contributed by atoms with Crippen LogP contribution in [0.25, 0.3) is 16.9 Å². The van der Waals surface area contributed by atoms with Crippen molar-refractivity contribution in [1.82, 2.24) is 24.5 Å². The van der Waals surface area contributed by atoms with Gasteiger partial charge in [0.1, 0.15) is 41.1 Å². The summed E-state index contributed by atoms with van der Waals surface area (Å²) in [6.45, 7) is 0.983. The molecule has 0 saturated heterocycles. The van der Waals surface area contributed by atoms with Crippen molar-refractivity contribution in [2.75, 3.05) is 25.5 Å². The van der Waals surface area contributed by atoms with Crippen molar-refractivity contribution in [3.63, 3.8) is 0 Å². The van der Waals surface area contributed by atoms with Crippen molar-refractivity contribution in [3.8, 4) is 16.9 Å². The average Bonchev–Trinajstić information content (AvgIpc) is 3.28. The van der Waals surface area contributed by atoms with Crippen LogP contribution >= 0.6 is 0 Å². The first-order valence-corrected chi connectivity index (χ1v) is 11.5. The molecule has 1 amide bonds. The molecule has 206 valence electrons. The summed E-state index contributed by atoms with van der Waals surface area (Å²) in [5, 5.41) is 14.2. The maximum atomic E-state index is 15.2. The van der Waals surface area contributed by atoms with E-state index >= 15 is 8.78 Å². The quantitative estimate of drug-likeness (QED) is 0.206. The maximum Gasteiger partial charge on any atom is 0.408 e. The highest BCUT2D eigenvalue weighted by Gasteiger charge is 2.38. The number of carbonyl (C=O) groups is 2. The molecular weight excluding hydrogens is 543 g/mol. The fourth-order valence-corrected chi connectivity index (χ4v) is 3.64. The van der Waals surface area contributed by atoms with Gasteiger partial charge in [0.2, 0.25) is 5.91 Å². The normalized spacial score (nSPS) is 12.4. The Bertz CT molecular complexity index is 1310. The van der Waals surface area contributed by atoms with Crippen molar-refractivity contribution < 1.29 is 53.0 Å². The molecule has 0 radical (unpaired) electrons. The van der Waals surface area contributed by atoms with Gasteiger partial charge >= 0.3 is 17.3 Å². The summed E-state index contributed by atoms with van der Waals surface area (Å²) in [4.78, 5) is 31.4. The molecule has 3 rings (SSSR count). The van der Waals surface area contributed by atoms with Crippen LogP contribution in [0.2, 0.25) is 5.15 Å². The number of nitrogens with zero attached hydrogens (tertiary/aromatic N) is 5. The summed E-state index contributed by atoms with van der Waals surface area (Å²) in [5.41, 5.74) is -1.18. The monoisotopic (exact) mass is 565 g/mol. The minimum absolute atomic E-state index is 0.0383. The number of carboxylic acids is 1. The predicted octanol–water partition coefficient (Wildman–Crippen LogP) is 3.22. The number of benzene rings is 1. The van der Waals surface area contributed by atoms with Crippen LogP contribution in [0.3, 0.4) is 0 Å². The Kier molecular flexibility index (Phi) is 8.91. The topological polar surface area (TPSA) is 122 Å². The second kappa shape index (κ2) is 11.8. The van der Waals surface area contributed by atoms with Gasteiger partial charge in [0, 0.05) is 32.1 Å². The van der Waals surface area contributed by atoms with Gasteiger partial charge in [-0.1, -0.05) is 0 Å². The first-order valence-electron chi connectivity index (χ1n) is 11.1. The number of halogens is 6. The lowest BCUT2D eigenvalue weighted by atomic mass is 10.1. The molecule has 0 saturated carbocycles.